The number of carbonyl (C=O) groups is 1. The molecule has 1 aliphatic rings. The van der Waals surface area contributed by atoms with Gasteiger partial charge in [0.25, 0.3) is 10.0 Å². The maximum Gasteiger partial charge on any atom is 0.379 e. The molecule has 0 atom stereocenters. The summed E-state index contributed by atoms with van der Waals surface area (Å²) in [6.45, 7) is 3.49. The molecule has 1 aromatic carbocycles. The maximum atomic E-state index is 12.6. The summed E-state index contributed by atoms with van der Waals surface area (Å²) in [7, 11) is -3.66. The monoisotopic (exact) mass is 333 g/mol. The minimum Gasteiger partial charge on any atom is -0.457 e. The molecular weight excluding hydrogens is 318 g/mol. The van der Waals surface area contributed by atoms with Crippen molar-refractivity contribution in [2.45, 2.75) is 24.8 Å². The predicted octanol–water partition coefficient (Wildman–Crippen LogP) is 2.85. The van der Waals surface area contributed by atoms with Crippen LogP contribution in [0.1, 0.15) is 30.0 Å². The van der Waals surface area contributed by atoms with Gasteiger partial charge in [0.1, 0.15) is 0 Å². The van der Waals surface area contributed by atoms with Gasteiger partial charge >= 0.3 is 5.97 Å². The largest absolute Gasteiger partial charge is 0.457 e. The SMILES string of the molecule is CC(C)N1C=C(OC(=O)c2ccco2)c2ccccc2S1(=O)=O. The fourth-order valence-corrected chi connectivity index (χ4v) is 4.03. The molecule has 0 fully saturated rings. The lowest BCUT2D eigenvalue weighted by Crippen LogP contribution is -2.35. The van der Waals surface area contributed by atoms with E-state index in [1.165, 1.54) is 28.9 Å². The highest BCUT2D eigenvalue weighted by molar-refractivity contribution is 7.89. The molecule has 120 valence electrons. The molecule has 0 aliphatic carbocycles. The minimum absolute atomic E-state index is 0.0490. The number of nitrogens with zero attached hydrogens (tertiary/aromatic N) is 1. The van der Waals surface area contributed by atoms with Gasteiger partial charge in [-0.1, -0.05) is 12.1 Å². The Morgan fingerprint density at radius 2 is 1.91 bits per heavy atom. The van der Waals surface area contributed by atoms with Gasteiger partial charge in [0.2, 0.25) is 5.76 Å². The van der Waals surface area contributed by atoms with Crippen LogP contribution in [0.4, 0.5) is 0 Å². The molecule has 0 unspecified atom stereocenters. The summed E-state index contributed by atoms with van der Waals surface area (Å²) in [5.74, 6) is -0.461. The van der Waals surface area contributed by atoms with Crippen molar-refractivity contribution in [3.05, 3.63) is 60.2 Å². The Labute approximate surface area is 134 Å². The molecule has 0 spiro atoms. The Morgan fingerprint density at radius 3 is 2.57 bits per heavy atom. The first kappa shape index (κ1) is 15.4. The molecule has 7 heteroatoms. The minimum atomic E-state index is -3.66. The van der Waals surface area contributed by atoms with Gasteiger partial charge in [-0.15, -0.1) is 0 Å². The molecule has 3 rings (SSSR count). The van der Waals surface area contributed by atoms with E-state index in [-0.39, 0.29) is 22.5 Å². The second-order valence-corrected chi connectivity index (χ2v) is 7.10. The van der Waals surface area contributed by atoms with E-state index in [2.05, 4.69) is 0 Å². The molecule has 1 aliphatic heterocycles. The Balaban J connectivity index is 2.06. The van der Waals surface area contributed by atoms with Crippen LogP contribution in [0, 0.1) is 0 Å². The van der Waals surface area contributed by atoms with Crippen LogP contribution in [0.3, 0.4) is 0 Å². The first-order chi connectivity index (χ1) is 10.9. The van der Waals surface area contributed by atoms with Crippen LogP contribution >= 0.6 is 0 Å². The van der Waals surface area contributed by atoms with Crippen LogP contribution in [0.5, 0.6) is 0 Å². The van der Waals surface area contributed by atoms with Crippen LogP contribution in [0.25, 0.3) is 5.76 Å². The van der Waals surface area contributed by atoms with Gasteiger partial charge in [-0.05, 0) is 38.1 Å². The van der Waals surface area contributed by atoms with Gasteiger partial charge < -0.3 is 9.15 Å². The zero-order valence-corrected chi connectivity index (χ0v) is 13.4. The summed E-state index contributed by atoms with van der Waals surface area (Å²) in [5.41, 5.74) is 0.351. The summed E-state index contributed by atoms with van der Waals surface area (Å²) in [4.78, 5) is 12.2. The summed E-state index contributed by atoms with van der Waals surface area (Å²) >= 11 is 0. The lowest BCUT2D eigenvalue weighted by atomic mass is 10.2. The second-order valence-electron chi connectivity index (χ2n) is 5.29. The molecule has 6 nitrogen and oxygen atoms in total. The van der Waals surface area contributed by atoms with Gasteiger partial charge in [-0.2, -0.15) is 0 Å². The summed E-state index contributed by atoms with van der Waals surface area (Å²) < 4.78 is 36.8. The van der Waals surface area contributed by atoms with Crippen LogP contribution in [0.15, 0.2) is 58.2 Å². The van der Waals surface area contributed by atoms with Crippen molar-refractivity contribution in [1.82, 2.24) is 4.31 Å². The predicted molar refractivity (Wildman–Crippen MR) is 82.7 cm³/mol. The highest BCUT2D eigenvalue weighted by Crippen LogP contribution is 2.34. The number of hydrogen-bond donors (Lipinski definition) is 0. The molecule has 2 heterocycles. The van der Waals surface area contributed by atoms with Crippen molar-refractivity contribution in [1.29, 1.82) is 0 Å². The topological polar surface area (TPSA) is 76.8 Å². The Hall–Kier alpha value is -2.54. The number of hydrogen-bond acceptors (Lipinski definition) is 5. The second kappa shape index (κ2) is 5.58. The van der Waals surface area contributed by atoms with Crippen LogP contribution in [-0.4, -0.2) is 24.7 Å². The molecule has 23 heavy (non-hydrogen) atoms. The fourth-order valence-electron chi connectivity index (χ4n) is 2.32. The third kappa shape index (κ3) is 2.63. The van der Waals surface area contributed by atoms with Gasteiger partial charge in [-0.3, -0.25) is 4.31 Å². The van der Waals surface area contributed by atoms with E-state index in [1.54, 1.807) is 38.1 Å². The smallest absolute Gasteiger partial charge is 0.379 e. The first-order valence-corrected chi connectivity index (χ1v) is 8.45. The van der Waals surface area contributed by atoms with E-state index in [9.17, 15) is 13.2 Å². The number of furan rings is 1. The number of benzene rings is 1. The number of sulfonamides is 1. The molecular formula is C16H15NO5S. The normalized spacial score (nSPS) is 16.0. The third-order valence-electron chi connectivity index (χ3n) is 3.39. The van der Waals surface area contributed by atoms with E-state index < -0.39 is 16.0 Å². The number of carbonyl (C=O) groups excluding carboxylic acids is 1. The number of esters is 1. The molecule has 0 amide bonds. The zero-order chi connectivity index (χ0) is 16.6. The average molecular weight is 333 g/mol. The standard InChI is InChI=1S/C16H15NO5S/c1-11(2)17-10-14(22-16(18)13-7-5-9-21-13)12-6-3-4-8-15(12)23(17,19)20/h3-11H,1-2H3. The van der Waals surface area contributed by atoms with E-state index >= 15 is 0 Å². The summed E-state index contributed by atoms with van der Waals surface area (Å²) in [6.07, 6.45) is 2.70. The molecule has 2 aromatic rings. The Bertz CT molecular complexity index is 866. The Kier molecular flexibility index (Phi) is 3.73. The van der Waals surface area contributed by atoms with E-state index in [0.29, 0.717) is 5.56 Å². The molecule has 0 saturated carbocycles. The van der Waals surface area contributed by atoms with Gasteiger partial charge in [0.05, 0.1) is 17.4 Å². The zero-order valence-electron chi connectivity index (χ0n) is 12.6. The number of rotatable bonds is 3. The van der Waals surface area contributed by atoms with Crippen molar-refractivity contribution in [2.75, 3.05) is 0 Å². The summed E-state index contributed by atoms with van der Waals surface area (Å²) in [5, 5.41) is 0. The van der Waals surface area contributed by atoms with Gasteiger partial charge in [0.15, 0.2) is 5.76 Å². The van der Waals surface area contributed by atoms with Crippen molar-refractivity contribution in [2.24, 2.45) is 0 Å². The Morgan fingerprint density at radius 1 is 1.17 bits per heavy atom. The summed E-state index contributed by atoms with van der Waals surface area (Å²) in [6, 6.07) is 9.16. The fraction of sp³-hybridized carbons (Fsp3) is 0.188. The van der Waals surface area contributed by atoms with Crippen LogP contribution in [-0.2, 0) is 14.8 Å². The van der Waals surface area contributed by atoms with Crippen molar-refractivity contribution in [3.8, 4) is 0 Å². The number of fused-ring (bicyclic) bond motifs is 1. The lowest BCUT2D eigenvalue weighted by Gasteiger charge is -2.30. The van der Waals surface area contributed by atoms with Crippen molar-refractivity contribution >= 4 is 21.8 Å². The highest BCUT2D eigenvalue weighted by atomic mass is 32.2. The molecule has 1 aromatic heterocycles. The van der Waals surface area contributed by atoms with Crippen molar-refractivity contribution in [3.63, 3.8) is 0 Å². The molecule has 0 bridgehead atoms. The lowest BCUT2D eigenvalue weighted by molar-refractivity contribution is 0.0654. The third-order valence-corrected chi connectivity index (χ3v) is 5.38. The van der Waals surface area contributed by atoms with E-state index in [1.807, 2.05) is 0 Å². The molecule has 0 saturated heterocycles. The first-order valence-electron chi connectivity index (χ1n) is 7.01. The number of ether oxygens (including phenoxy) is 1. The molecule has 0 N–H and O–H groups in total. The van der Waals surface area contributed by atoms with Gasteiger partial charge in [0, 0.05) is 11.6 Å². The van der Waals surface area contributed by atoms with Crippen LogP contribution < -0.4 is 0 Å². The average Bonchev–Trinajstić information content (AvgIpc) is 3.04. The maximum absolute atomic E-state index is 12.6. The van der Waals surface area contributed by atoms with E-state index in [0.717, 1.165) is 0 Å². The van der Waals surface area contributed by atoms with Gasteiger partial charge in [-0.25, -0.2) is 13.2 Å². The van der Waals surface area contributed by atoms with Crippen LogP contribution in [0.2, 0.25) is 0 Å². The van der Waals surface area contributed by atoms with E-state index in [4.69, 9.17) is 9.15 Å². The highest BCUT2D eigenvalue weighted by Gasteiger charge is 2.34. The quantitative estimate of drug-likeness (QED) is 0.807. The van der Waals surface area contributed by atoms with Crippen molar-refractivity contribution < 1.29 is 22.4 Å². The molecule has 0 radical (unpaired) electrons.